The summed E-state index contributed by atoms with van der Waals surface area (Å²) >= 11 is 0. The lowest BCUT2D eigenvalue weighted by Crippen LogP contribution is -2.12. The lowest BCUT2D eigenvalue weighted by molar-refractivity contribution is 0.0977. The molecule has 0 radical (unpaired) electrons. The van der Waals surface area contributed by atoms with Crippen LogP contribution in [0.4, 0.5) is 0 Å². The molecule has 0 saturated carbocycles. The van der Waals surface area contributed by atoms with Gasteiger partial charge in [-0.2, -0.15) is 5.26 Å². The first-order valence-corrected chi connectivity index (χ1v) is 6.72. The van der Waals surface area contributed by atoms with Crippen LogP contribution in [0, 0.1) is 25.2 Å². The van der Waals surface area contributed by atoms with Gasteiger partial charge in [-0.25, -0.2) is 0 Å². The van der Waals surface area contributed by atoms with Gasteiger partial charge in [0.15, 0.2) is 5.78 Å². The SMILES string of the molecule is COc1ccccc1C(C#N)C(=O)c1cc(C)cc(C)c1. The van der Waals surface area contributed by atoms with E-state index in [0.717, 1.165) is 11.1 Å². The number of para-hydroxylation sites is 1. The highest BCUT2D eigenvalue weighted by Gasteiger charge is 2.24. The number of ether oxygens (including phenoxy) is 1. The third kappa shape index (κ3) is 3.11. The highest BCUT2D eigenvalue weighted by Crippen LogP contribution is 2.29. The summed E-state index contributed by atoms with van der Waals surface area (Å²) in [5.74, 6) is -0.502. The van der Waals surface area contributed by atoms with Crippen LogP contribution in [0.3, 0.4) is 0 Å². The zero-order chi connectivity index (χ0) is 15.4. The van der Waals surface area contributed by atoms with E-state index < -0.39 is 5.92 Å². The monoisotopic (exact) mass is 279 g/mol. The second-order valence-corrected chi connectivity index (χ2v) is 5.04. The van der Waals surface area contributed by atoms with Crippen LogP contribution in [-0.4, -0.2) is 12.9 Å². The average molecular weight is 279 g/mol. The minimum atomic E-state index is -0.859. The van der Waals surface area contributed by atoms with Crippen molar-refractivity contribution in [1.29, 1.82) is 5.26 Å². The topological polar surface area (TPSA) is 50.1 Å². The van der Waals surface area contributed by atoms with Crippen molar-refractivity contribution in [3.63, 3.8) is 0 Å². The van der Waals surface area contributed by atoms with Gasteiger partial charge in [0.1, 0.15) is 11.7 Å². The van der Waals surface area contributed by atoms with Gasteiger partial charge in [0.05, 0.1) is 13.2 Å². The molecule has 2 aromatic carbocycles. The van der Waals surface area contributed by atoms with Crippen molar-refractivity contribution in [3.05, 3.63) is 64.7 Å². The van der Waals surface area contributed by atoms with Crippen LogP contribution in [0.5, 0.6) is 5.75 Å². The summed E-state index contributed by atoms with van der Waals surface area (Å²) in [5.41, 5.74) is 3.18. The fourth-order valence-corrected chi connectivity index (χ4v) is 2.46. The number of methoxy groups -OCH3 is 1. The molecule has 0 aliphatic rings. The summed E-state index contributed by atoms with van der Waals surface area (Å²) in [4.78, 5) is 12.7. The van der Waals surface area contributed by atoms with Crippen molar-refractivity contribution in [2.45, 2.75) is 19.8 Å². The van der Waals surface area contributed by atoms with Crippen molar-refractivity contribution >= 4 is 5.78 Å². The van der Waals surface area contributed by atoms with Gasteiger partial charge in [-0.05, 0) is 32.0 Å². The zero-order valence-corrected chi connectivity index (χ0v) is 12.4. The summed E-state index contributed by atoms with van der Waals surface area (Å²) in [6, 6.07) is 14.9. The fraction of sp³-hybridized carbons (Fsp3) is 0.222. The molecule has 1 atom stereocenters. The number of hydrogen-bond donors (Lipinski definition) is 0. The molecular formula is C18H17NO2. The normalized spacial score (nSPS) is 11.5. The Kier molecular flexibility index (Phi) is 4.39. The van der Waals surface area contributed by atoms with Crippen LogP contribution in [0.25, 0.3) is 0 Å². The Hall–Kier alpha value is -2.60. The third-order valence-corrected chi connectivity index (χ3v) is 3.35. The number of rotatable bonds is 4. The highest BCUT2D eigenvalue weighted by atomic mass is 16.5. The Balaban J connectivity index is 2.46. The van der Waals surface area contributed by atoms with E-state index in [1.165, 1.54) is 7.11 Å². The molecule has 0 fully saturated rings. The summed E-state index contributed by atoms with van der Waals surface area (Å²) in [6.07, 6.45) is 0. The summed E-state index contributed by atoms with van der Waals surface area (Å²) in [6.45, 7) is 3.88. The molecule has 0 saturated heterocycles. The minimum Gasteiger partial charge on any atom is -0.496 e. The van der Waals surface area contributed by atoms with Gasteiger partial charge in [-0.1, -0.05) is 35.4 Å². The van der Waals surface area contributed by atoms with E-state index in [-0.39, 0.29) is 5.78 Å². The van der Waals surface area contributed by atoms with E-state index in [2.05, 4.69) is 6.07 Å². The van der Waals surface area contributed by atoms with E-state index in [4.69, 9.17) is 4.74 Å². The smallest absolute Gasteiger partial charge is 0.184 e. The van der Waals surface area contributed by atoms with Crippen LogP contribution >= 0.6 is 0 Å². The molecule has 0 N–H and O–H groups in total. The number of carbonyl (C=O) groups is 1. The molecule has 0 amide bonds. The van der Waals surface area contributed by atoms with Gasteiger partial charge < -0.3 is 4.74 Å². The van der Waals surface area contributed by atoms with Crippen molar-refractivity contribution in [2.24, 2.45) is 0 Å². The van der Waals surface area contributed by atoms with Crippen molar-refractivity contribution in [2.75, 3.05) is 7.11 Å². The molecule has 0 aliphatic carbocycles. The maximum Gasteiger partial charge on any atom is 0.184 e. The van der Waals surface area contributed by atoms with Crippen molar-refractivity contribution in [3.8, 4) is 11.8 Å². The number of nitrogens with zero attached hydrogens (tertiary/aromatic N) is 1. The van der Waals surface area contributed by atoms with E-state index >= 15 is 0 Å². The van der Waals surface area contributed by atoms with Crippen molar-refractivity contribution < 1.29 is 9.53 Å². The molecule has 1 unspecified atom stereocenters. The van der Waals surface area contributed by atoms with E-state index in [9.17, 15) is 10.1 Å². The first-order chi connectivity index (χ1) is 10.1. The number of carbonyl (C=O) groups excluding carboxylic acids is 1. The molecule has 3 heteroatoms. The Morgan fingerprint density at radius 1 is 1.14 bits per heavy atom. The van der Waals surface area contributed by atoms with Gasteiger partial charge in [0.2, 0.25) is 0 Å². The standard InChI is InChI=1S/C18H17NO2/c1-12-8-13(2)10-14(9-12)18(20)16(11-19)15-6-4-5-7-17(15)21-3/h4-10,16H,1-3H3. The first-order valence-electron chi connectivity index (χ1n) is 6.72. The number of ketones is 1. The predicted molar refractivity (Wildman–Crippen MR) is 81.6 cm³/mol. The molecule has 106 valence electrons. The molecule has 21 heavy (non-hydrogen) atoms. The first kappa shape index (κ1) is 14.8. The van der Waals surface area contributed by atoms with Gasteiger partial charge in [0.25, 0.3) is 0 Å². The van der Waals surface area contributed by atoms with E-state index in [1.54, 1.807) is 18.2 Å². The van der Waals surface area contributed by atoms with Crippen molar-refractivity contribution in [1.82, 2.24) is 0 Å². The molecular weight excluding hydrogens is 262 g/mol. The van der Waals surface area contributed by atoms with Crippen LogP contribution in [0.1, 0.15) is 33.0 Å². The molecule has 0 aliphatic heterocycles. The van der Waals surface area contributed by atoms with E-state index in [1.807, 2.05) is 38.1 Å². The average Bonchev–Trinajstić information content (AvgIpc) is 2.47. The van der Waals surface area contributed by atoms with Crippen LogP contribution < -0.4 is 4.74 Å². The number of aryl methyl sites for hydroxylation is 2. The molecule has 2 rings (SSSR count). The Bertz CT molecular complexity index is 693. The Morgan fingerprint density at radius 3 is 2.33 bits per heavy atom. The number of hydrogen-bond acceptors (Lipinski definition) is 3. The lowest BCUT2D eigenvalue weighted by atomic mass is 9.90. The molecule has 0 aromatic heterocycles. The van der Waals surface area contributed by atoms with Gasteiger partial charge in [-0.15, -0.1) is 0 Å². The molecule has 2 aromatic rings. The number of nitriles is 1. The zero-order valence-electron chi connectivity index (χ0n) is 12.4. The Labute approximate surface area is 124 Å². The lowest BCUT2D eigenvalue weighted by Gasteiger charge is -2.13. The van der Waals surface area contributed by atoms with Crippen LogP contribution in [0.15, 0.2) is 42.5 Å². The van der Waals surface area contributed by atoms with Crippen LogP contribution in [0.2, 0.25) is 0 Å². The van der Waals surface area contributed by atoms with Gasteiger partial charge >= 0.3 is 0 Å². The highest BCUT2D eigenvalue weighted by molar-refractivity contribution is 6.03. The maximum absolute atomic E-state index is 12.7. The number of Topliss-reactive ketones (excluding diaryl/α,β-unsaturated/α-hetero) is 1. The second kappa shape index (κ2) is 6.23. The molecule has 3 nitrogen and oxygen atoms in total. The maximum atomic E-state index is 12.7. The minimum absolute atomic E-state index is 0.200. The molecule has 0 bridgehead atoms. The summed E-state index contributed by atoms with van der Waals surface area (Å²) in [7, 11) is 1.54. The number of benzene rings is 2. The Morgan fingerprint density at radius 2 is 1.76 bits per heavy atom. The third-order valence-electron chi connectivity index (χ3n) is 3.35. The second-order valence-electron chi connectivity index (χ2n) is 5.04. The molecule has 0 heterocycles. The van der Waals surface area contributed by atoms with Crippen LogP contribution in [-0.2, 0) is 0 Å². The predicted octanol–water partition coefficient (Wildman–Crippen LogP) is 3.80. The fourth-order valence-electron chi connectivity index (χ4n) is 2.46. The van der Waals surface area contributed by atoms with Gasteiger partial charge in [-0.3, -0.25) is 4.79 Å². The quantitative estimate of drug-likeness (QED) is 0.800. The largest absolute Gasteiger partial charge is 0.496 e. The van der Waals surface area contributed by atoms with Gasteiger partial charge in [0, 0.05) is 11.1 Å². The molecule has 0 spiro atoms. The summed E-state index contributed by atoms with van der Waals surface area (Å²) < 4.78 is 5.26. The summed E-state index contributed by atoms with van der Waals surface area (Å²) in [5, 5.41) is 9.44. The van der Waals surface area contributed by atoms with E-state index in [0.29, 0.717) is 16.9 Å².